The first-order chi connectivity index (χ1) is 9.20. The van der Waals surface area contributed by atoms with E-state index in [2.05, 4.69) is 43.1 Å². The summed E-state index contributed by atoms with van der Waals surface area (Å²) < 4.78 is 5.42. The minimum Gasteiger partial charge on any atom is -0.381 e. The van der Waals surface area contributed by atoms with Crippen molar-refractivity contribution in [2.24, 2.45) is 5.73 Å². The molecule has 1 aromatic rings. The van der Waals surface area contributed by atoms with Gasteiger partial charge in [-0.05, 0) is 43.5 Å². The van der Waals surface area contributed by atoms with Gasteiger partial charge in [0.25, 0.3) is 0 Å². The van der Waals surface area contributed by atoms with Gasteiger partial charge in [0, 0.05) is 25.8 Å². The van der Waals surface area contributed by atoms with Gasteiger partial charge in [0.05, 0.1) is 0 Å². The molecule has 3 heteroatoms. The number of nitrogens with zero attached hydrogens (tertiary/aromatic N) is 1. The lowest BCUT2D eigenvalue weighted by Crippen LogP contribution is -2.36. The molecule has 0 radical (unpaired) electrons. The van der Waals surface area contributed by atoms with E-state index in [-0.39, 0.29) is 0 Å². The molecule has 1 saturated heterocycles. The average molecular weight is 262 g/mol. The van der Waals surface area contributed by atoms with Crippen LogP contribution in [0.5, 0.6) is 0 Å². The highest BCUT2D eigenvalue weighted by molar-refractivity contribution is 5.25. The van der Waals surface area contributed by atoms with Gasteiger partial charge in [0.2, 0.25) is 0 Å². The second kappa shape index (κ2) is 7.04. The molecule has 1 fully saturated rings. The number of benzene rings is 1. The van der Waals surface area contributed by atoms with E-state index in [0.29, 0.717) is 18.5 Å². The van der Waals surface area contributed by atoms with Crippen molar-refractivity contribution in [1.82, 2.24) is 4.90 Å². The molecule has 1 aliphatic rings. The average Bonchev–Trinajstić information content (AvgIpc) is 2.48. The van der Waals surface area contributed by atoms with E-state index in [4.69, 9.17) is 10.5 Å². The first kappa shape index (κ1) is 14.5. The monoisotopic (exact) mass is 262 g/mol. The maximum Gasteiger partial charge on any atom is 0.0480 e. The summed E-state index contributed by atoms with van der Waals surface area (Å²) in [4.78, 5) is 2.45. The van der Waals surface area contributed by atoms with Gasteiger partial charge in [-0.1, -0.05) is 31.2 Å². The van der Waals surface area contributed by atoms with Crippen LogP contribution in [-0.4, -0.2) is 37.7 Å². The van der Waals surface area contributed by atoms with Crippen molar-refractivity contribution < 1.29 is 4.74 Å². The Bertz CT molecular complexity index is 371. The molecule has 3 nitrogen and oxygen atoms in total. The third-order valence-corrected chi connectivity index (χ3v) is 4.15. The third kappa shape index (κ3) is 4.03. The summed E-state index contributed by atoms with van der Waals surface area (Å²) in [6.07, 6.45) is 2.30. The van der Waals surface area contributed by atoms with E-state index in [1.165, 1.54) is 11.1 Å². The Morgan fingerprint density at radius 1 is 1.26 bits per heavy atom. The van der Waals surface area contributed by atoms with Crippen LogP contribution in [0.3, 0.4) is 0 Å². The Kier molecular flexibility index (Phi) is 5.37. The topological polar surface area (TPSA) is 38.5 Å². The van der Waals surface area contributed by atoms with E-state index >= 15 is 0 Å². The Hall–Kier alpha value is -0.900. The van der Waals surface area contributed by atoms with Crippen LogP contribution in [0.15, 0.2) is 24.3 Å². The predicted octanol–water partition coefficient (Wildman–Crippen LogP) is 2.36. The Balaban J connectivity index is 1.91. The highest BCUT2D eigenvalue weighted by Gasteiger charge is 2.18. The molecule has 1 aliphatic heterocycles. The van der Waals surface area contributed by atoms with Gasteiger partial charge in [0.1, 0.15) is 0 Å². The van der Waals surface area contributed by atoms with Crippen LogP contribution < -0.4 is 5.73 Å². The highest BCUT2D eigenvalue weighted by Crippen LogP contribution is 2.18. The summed E-state index contributed by atoms with van der Waals surface area (Å²) in [6.45, 7) is 5.70. The van der Waals surface area contributed by atoms with Gasteiger partial charge in [-0.2, -0.15) is 0 Å². The quantitative estimate of drug-likeness (QED) is 0.885. The van der Waals surface area contributed by atoms with E-state index < -0.39 is 0 Å². The van der Waals surface area contributed by atoms with Crippen molar-refractivity contribution in [3.63, 3.8) is 0 Å². The van der Waals surface area contributed by atoms with Crippen molar-refractivity contribution in [1.29, 1.82) is 0 Å². The molecular weight excluding hydrogens is 236 g/mol. The normalized spacial score (nSPS) is 18.7. The molecule has 0 aliphatic carbocycles. The number of ether oxygens (including phenoxy) is 1. The van der Waals surface area contributed by atoms with Gasteiger partial charge in [-0.25, -0.2) is 0 Å². The summed E-state index contributed by atoms with van der Waals surface area (Å²) in [7, 11) is 2.21. The molecule has 0 bridgehead atoms. The maximum atomic E-state index is 5.70. The first-order valence-electron chi connectivity index (χ1n) is 7.27. The maximum absolute atomic E-state index is 5.70. The molecule has 1 unspecified atom stereocenters. The molecule has 19 heavy (non-hydrogen) atoms. The molecule has 1 heterocycles. The molecule has 2 N–H and O–H groups in total. The standard InChI is InChI=1S/C16H26N2O/c1-13(11-17)15-5-3-14(4-6-15)12-18(2)16-7-9-19-10-8-16/h3-6,13,16H,7-12,17H2,1-2H3. The Labute approximate surface area is 116 Å². The van der Waals surface area contributed by atoms with Crippen molar-refractivity contribution >= 4 is 0 Å². The molecule has 0 saturated carbocycles. The molecule has 1 atom stereocenters. The summed E-state index contributed by atoms with van der Waals surface area (Å²) in [5, 5.41) is 0. The van der Waals surface area contributed by atoms with E-state index in [9.17, 15) is 0 Å². The Morgan fingerprint density at radius 2 is 1.89 bits per heavy atom. The fourth-order valence-corrected chi connectivity index (χ4v) is 2.63. The number of hydrogen-bond acceptors (Lipinski definition) is 3. The molecule has 106 valence electrons. The van der Waals surface area contributed by atoms with Gasteiger partial charge >= 0.3 is 0 Å². The van der Waals surface area contributed by atoms with Crippen LogP contribution in [0.25, 0.3) is 0 Å². The highest BCUT2D eigenvalue weighted by atomic mass is 16.5. The molecule has 0 spiro atoms. The summed E-state index contributed by atoms with van der Waals surface area (Å²) >= 11 is 0. The van der Waals surface area contributed by atoms with Crippen LogP contribution in [-0.2, 0) is 11.3 Å². The number of hydrogen-bond donors (Lipinski definition) is 1. The summed E-state index contributed by atoms with van der Waals surface area (Å²) in [5.41, 5.74) is 8.41. The molecule has 2 rings (SSSR count). The van der Waals surface area contributed by atoms with E-state index in [1.54, 1.807) is 0 Å². The number of nitrogens with two attached hydrogens (primary N) is 1. The summed E-state index contributed by atoms with van der Waals surface area (Å²) in [6, 6.07) is 9.56. The minimum absolute atomic E-state index is 0.447. The largest absolute Gasteiger partial charge is 0.381 e. The second-order valence-corrected chi connectivity index (χ2v) is 5.64. The molecule has 0 amide bonds. The van der Waals surface area contributed by atoms with E-state index in [0.717, 1.165) is 32.6 Å². The fraction of sp³-hybridized carbons (Fsp3) is 0.625. The second-order valence-electron chi connectivity index (χ2n) is 5.64. The van der Waals surface area contributed by atoms with Crippen LogP contribution in [0.2, 0.25) is 0 Å². The molecule has 1 aromatic carbocycles. The molecular formula is C16H26N2O. The smallest absolute Gasteiger partial charge is 0.0480 e. The van der Waals surface area contributed by atoms with Crippen molar-refractivity contribution in [2.45, 2.75) is 38.3 Å². The van der Waals surface area contributed by atoms with Gasteiger partial charge in [0.15, 0.2) is 0 Å². The Morgan fingerprint density at radius 3 is 2.47 bits per heavy atom. The zero-order valence-electron chi connectivity index (χ0n) is 12.1. The lowest BCUT2D eigenvalue weighted by Gasteiger charge is -2.31. The number of rotatable bonds is 5. The van der Waals surface area contributed by atoms with Crippen molar-refractivity contribution in [3.8, 4) is 0 Å². The fourth-order valence-electron chi connectivity index (χ4n) is 2.63. The minimum atomic E-state index is 0.447. The van der Waals surface area contributed by atoms with Crippen LogP contribution in [0.1, 0.15) is 36.8 Å². The van der Waals surface area contributed by atoms with Crippen molar-refractivity contribution in [2.75, 3.05) is 26.8 Å². The first-order valence-corrected chi connectivity index (χ1v) is 7.27. The third-order valence-electron chi connectivity index (χ3n) is 4.15. The van der Waals surface area contributed by atoms with Gasteiger partial charge < -0.3 is 10.5 Å². The van der Waals surface area contributed by atoms with Gasteiger partial charge in [-0.15, -0.1) is 0 Å². The summed E-state index contributed by atoms with van der Waals surface area (Å²) in [5.74, 6) is 0.447. The van der Waals surface area contributed by atoms with Crippen LogP contribution in [0, 0.1) is 0 Å². The van der Waals surface area contributed by atoms with Gasteiger partial charge in [-0.3, -0.25) is 4.90 Å². The van der Waals surface area contributed by atoms with E-state index in [1.807, 2.05) is 0 Å². The lowest BCUT2D eigenvalue weighted by atomic mass is 9.99. The van der Waals surface area contributed by atoms with Crippen LogP contribution in [0.4, 0.5) is 0 Å². The van der Waals surface area contributed by atoms with Crippen molar-refractivity contribution in [3.05, 3.63) is 35.4 Å². The zero-order valence-corrected chi connectivity index (χ0v) is 12.1. The van der Waals surface area contributed by atoms with Crippen LogP contribution >= 0.6 is 0 Å². The predicted molar refractivity (Wildman–Crippen MR) is 79.2 cm³/mol. The molecule has 0 aromatic heterocycles. The SMILES string of the molecule is CC(CN)c1ccc(CN(C)C2CCOCC2)cc1. The zero-order chi connectivity index (χ0) is 13.7. The lowest BCUT2D eigenvalue weighted by molar-refractivity contribution is 0.0407.